The molecule has 0 amide bonds. The molecule has 0 fully saturated rings. The first kappa shape index (κ1) is 14.1. The number of benzene rings is 2. The number of rotatable bonds is 4. The molecule has 2 nitrogen and oxygen atoms in total. The number of aromatic nitrogens is 1. The first-order valence-corrected chi connectivity index (χ1v) is 7.85. The van der Waals surface area contributed by atoms with Gasteiger partial charge in [0, 0.05) is 28.2 Å². The van der Waals surface area contributed by atoms with Gasteiger partial charge in [0.2, 0.25) is 0 Å². The highest BCUT2D eigenvalue weighted by molar-refractivity contribution is 8.00. The number of hydrogen-bond acceptors (Lipinski definition) is 3. The largest absolute Gasteiger partial charge is 0.293 e. The molecule has 3 aromatic rings. The predicted octanol–water partition coefficient (Wildman–Crippen LogP) is 4.86. The Morgan fingerprint density at radius 3 is 2.67 bits per heavy atom. The maximum Gasteiger partial charge on any atom is 0.175 e. The van der Waals surface area contributed by atoms with Crippen molar-refractivity contribution >= 4 is 39.9 Å². The third-order valence-corrected chi connectivity index (χ3v) is 4.68. The summed E-state index contributed by atoms with van der Waals surface area (Å²) in [5.74, 6) is 0.406. The third-order valence-electron chi connectivity index (χ3n) is 3.16. The molecule has 0 bridgehead atoms. The van der Waals surface area contributed by atoms with Gasteiger partial charge in [-0.25, -0.2) is 0 Å². The van der Waals surface area contributed by atoms with Crippen molar-refractivity contribution in [2.45, 2.75) is 4.90 Å². The monoisotopic (exact) mass is 313 g/mol. The average molecular weight is 314 g/mol. The van der Waals surface area contributed by atoms with E-state index in [0.717, 1.165) is 15.7 Å². The van der Waals surface area contributed by atoms with Crippen molar-refractivity contribution in [1.29, 1.82) is 0 Å². The second-order valence-electron chi connectivity index (χ2n) is 4.55. The standard InChI is InChI=1S/C17H12ClNOS/c18-15-7-3-4-8-17(15)21-11-16(20)14-10-19-9-12-5-1-2-6-13(12)14/h1-10H,11H2. The summed E-state index contributed by atoms with van der Waals surface area (Å²) < 4.78 is 0. The smallest absolute Gasteiger partial charge is 0.175 e. The van der Waals surface area contributed by atoms with Crippen molar-refractivity contribution in [2.75, 3.05) is 5.75 Å². The summed E-state index contributed by atoms with van der Waals surface area (Å²) in [7, 11) is 0. The molecule has 3 rings (SSSR count). The van der Waals surface area contributed by atoms with Crippen molar-refractivity contribution < 1.29 is 4.79 Å². The number of pyridine rings is 1. The van der Waals surface area contributed by atoms with Gasteiger partial charge in [-0.1, -0.05) is 48.0 Å². The summed E-state index contributed by atoms with van der Waals surface area (Å²) in [5.41, 5.74) is 0.660. The molecule has 0 N–H and O–H groups in total. The fourth-order valence-electron chi connectivity index (χ4n) is 2.12. The summed E-state index contributed by atoms with van der Waals surface area (Å²) in [6.07, 6.45) is 3.41. The molecule has 0 radical (unpaired) electrons. The van der Waals surface area contributed by atoms with Gasteiger partial charge >= 0.3 is 0 Å². The van der Waals surface area contributed by atoms with Crippen molar-refractivity contribution in [3.05, 3.63) is 71.5 Å². The van der Waals surface area contributed by atoms with E-state index >= 15 is 0 Å². The molecule has 21 heavy (non-hydrogen) atoms. The second kappa shape index (κ2) is 6.29. The normalized spacial score (nSPS) is 10.7. The van der Waals surface area contributed by atoms with Crippen LogP contribution in [-0.2, 0) is 0 Å². The maximum atomic E-state index is 12.4. The van der Waals surface area contributed by atoms with E-state index in [2.05, 4.69) is 4.98 Å². The number of halogens is 1. The highest BCUT2D eigenvalue weighted by Crippen LogP contribution is 2.28. The Labute approximate surface area is 132 Å². The summed E-state index contributed by atoms with van der Waals surface area (Å²) in [4.78, 5) is 17.5. The SMILES string of the molecule is O=C(CSc1ccccc1Cl)c1cncc2ccccc12. The van der Waals surface area contributed by atoms with Crippen LogP contribution in [0.3, 0.4) is 0 Å². The number of Topliss-reactive ketones (excluding diaryl/α,β-unsaturated/α-hetero) is 1. The summed E-state index contributed by atoms with van der Waals surface area (Å²) >= 11 is 7.55. The summed E-state index contributed by atoms with van der Waals surface area (Å²) in [6, 6.07) is 15.3. The molecule has 0 aliphatic rings. The minimum atomic E-state index is 0.0595. The van der Waals surface area contributed by atoms with Crippen LogP contribution in [0.15, 0.2) is 65.8 Å². The van der Waals surface area contributed by atoms with Crippen LogP contribution in [0, 0.1) is 0 Å². The van der Waals surface area contributed by atoms with Gasteiger partial charge in [0.15, 0.2) is 5.78 Å². The van der Waals surface area contributed by atoms with E-state index in [1.165, 1.54) is 11.8 Å². The zero-order valence-electron chi connectivity index (χ0n) is 11.1. The molecule has 4 heteroatoms. The van der Waals surface area contributed by atoms with Crippen molar-refractivity contribution in [1.82, 2.24) is 4.98 Å². The third kappa shape index (κ3) is 3.09. The van der Waals surface area contributed by atoms with Crippen LogP contribution < -0.4 is 0 Å². The van der Waals surface area contributed by atoms with Crippen LogP contribution in [0.4, 0.5) is 0 Å². The average Bonchev–Trinajstić information content (AvgIpc) is 2.53. The first-order valence-electron chi connectivity index (χ1n) is 6.49. The van der Waals surface area contributed by atoms with Gasteiger partial charge < -0.3 is 0 Å². The van der Waals surface area contributed by atoms with Gasteiger partial charge in [0.25, 0.3) is 0 Å². The summed E-state index contributed by atoms with van der Waals surface area (Å²) in [6.45, 7) is 0. The number of nitrogens with zero attached hydrogens (tertiary/aromatic N) is 1. The molecule has 0 aliphatic heterocycles. The molecular formula is C17H12ClNOS. The molecule has 0 aliphatic carbocycles. The topological polar surface area (TPSA) is 30.0 Å². The van der Waals surface area contributed by atoms with Crippen LogP contribution in [-0.4, -0.2) is 16.5 Å². The van der Waals surface area contributed by atoms with Crippen LogP contribution in [0.1, 0.15) is 10.4 Å². The maximum absolute atomic E-state index is 12.4. The molecule has 104 valence electrons. The van der Waals surface area contributed by atoms with Crippen LogP contribution in [0.5, 0.6) is 0 Å². The Balaban J connectivity index is 1.83. The van der Waals surface area contributed by atoms with E-state index in [1.54, 1.807) is 12.4 Å². The Hall–Kier alpha value is -1.84. The van der Waals surface area contributed by atoms with E-state index in [1.807, 2.05) is 48.5 Å². The molecular weight excluding hydrogens is 302 g/mol. The molecule has 1 heterocycles. The van der Waals surface area contributed by atoms with Gasteiger partial charge in [-0.3, -0.25) is 9.78 Å². The molecule has 0 unspecified atom stereocenters. The van der Waals surface area contributed by atoms with Gasteiger partial charge in [-0.05, 0) is 17.5 Å². The summed E-state index contributed by atoms with van der Waals surface area (Å²) in [5, 5.41) is 2.59. The molecule has 0 saturated carbocycles. The van der Waals surface area contributed by atoms with Gasteiger partial charge in [0.1, 0.15) is 0 Å². The fourth-order valence-corrected chi connectivity index (χ4v) is 3.24. The lowest BCUT2D eigenvalue weighted by Crippen LogP contribution is -2.04. The number of carbonyl (C=O) groups is 1. The minimum Gasteiger partial charge on any atom is -0.293 e. The van der Waals surface area contributed by atoms with Crippen molar-refractivity contribution in [3.63, 3.8) is 0 Å². The zero-order chi connectivity index (χ0) is 14.7. The Kier molecular flexibility index (Phi) is 4.23. The molecule has 0 atom stereocenters. The number of hydrogen-bond donors (Lipinski definition) is 0. The lowest BCUT2D eigenvalue weighted by Gasteiger charge is -2.06. The second-order valence-corrected chi connectivity index (χ2v) is 5.97. The van der Waals surface area contributed by atoms with Gasteiger partial charge in [-0.15, -0.1) is 11.8 Å². The lowest BCUT2D eigenvalue weighted by atomic mass is 10.1. The van der Waals surface area contributed by atoms with Gasteiger partial charge in [-0.2, -0.15) is 0 Å². The Bertz CT molecular complexity index is 798. The van der Waals surface area contributed by atoms with Crippen LogP contribution in [0.2, 0.25) is 5.02 Å². The van der Waals surface area contributed by atoms with E-state index < -0.39 is 0 Å². The minimum absolute atomic E-state index is 0.0595. The number of thioether (sulfide) groups is 1. The van der Waals surface area contributed by atoms with E-state index in [9.17, 15) is 4.79 Å². The number of ketones is 1. The molecule has 0 saturated heterocycles. The van der Waals surface area contributed by atoms with Crippen molar-refractivity contribution in [2.24, 2.45) is 0 Å². The predicted molar refractivity (Wildman–Crippen MR) is 88.2 cm³/mol. The van der Waals surface area contributed by atoms with E-state index in [-0.39, 0.29) is 5.78 Å². The first-order chi connectivity index (χ1) is 10.3. The van der Waals surface area contributed by atoms with Gasteiger partial charge in [0.05, 0.1) is 10.8 Å². The number of fused-ring (bicyclic) bond motifs is 1. The zero-order valence-corrected chi connectivity index (χ0v) is 12.7. The van der Waals surface area contributed by atoms with Crippen LogP contribution in [0.25, 0.3) is 10.8 Å². The Morgan fingerprint density at radius 1 is 1.05 bits per heavy atom. The molecule has 0 spiro atoms. The Morgan fingerprint density at radius 2 is 1.81 bits per heavy atom. The quantitative estimate of drug-likeness (QED) is 0.509. The van der Waals surface area contributed by atoms with Crippen LogP contribution >= 0.6 is 23.4 Å². The molecule has 2 aromatic carbocycles. The number of carbonyl (C=O) groups excluding carboxylic acids is 1. The van der Waals surface area contributed by atoms with Crippen molar-refractivity contribution in [3.8, 4) is 0 Å². The lowest BCUT2D eigenvalue weighted by molar-refractivity contribution is 0.102. The fraction of sp³-hybridized carbons (Fsp3) is 0.0588. The molecule has 1 aromatic heterocycles. The highest BCUT2D eigenvalue weighted by atomic mass is 35.5. The highest BCUT2D eigenvalue weighted by Gasteiger charge is 2.11. The van der Waals surface area contributed by atoms with E-state index in [0.29, 0.717) is 16.3 Å². The van der Waals surface area contributed by atoms with E-state index in [4.69, 9.17) is 11.6 Å².